The van der Waals surface area contributed by atoms with E-state index in [1.54, 1.807) is 13.3 Å². The lowest BCUT2D eigenvalue weighted by Gasteiger charge is -2.15. The van der Waals surface area contributed by atoms with Crippen molar-refractivity contribution in [1.29, 1.82) is 0 Å². The van der Waals surface area contributed by atoms with Gasteiger partial charge in [0.2, 0.25) is 0 Å². The average Bonchev–Trinajstić information content (AvgIpc) is 2.39. The van der Waals surface area contributed by atoms with Crippen molar-refractivity contribution < 1.29 is 9.53 Å². The molecule has 6 nitrogen and oxygen atoms in total. The number of methoxy groups -OCH3 is 1. The molecule has 1 aromatic rings. The molecular formula is C12H20N4O2. The minimum absolute atomic E-state index is 0.00209. The van der Waals surface area contributed by atoms with Gasteiger partial charge in [0.05, 0.1) is 25.0 Å². The molecule has 0 aliphatic heterocycles. The standard InChI is InChI=1S/C12H20N4O2/c1-4-9(8-18-3)16-12(17)10-6-15-11(7-14-10)13-5-2/h6-7,9H,4-5,8H2,1-3H3,(H,13,15)(H,16,17). The molecule has 1 amide bonds. The number of aromatic nitrogens is 2. The third-order valence-corrected chi connectivity index (χ3v) is 2.44. The summed E-state index contributed by atoms with van der Waals surface area (Å²) >= 11 is 0. The van der Waals surface area contributed by atoms with Gasteiger partial charge in [-0.05, 0) is 13.3 Å². The van der Waals surface area contributed by atoms with Gasteiger partial charge in [-0.25, -0.2) is 9.97 Å². The first-order valence-corrected chi connectivity index (χ1v) is 6.06. The van der Waals surface area contributed by atoms with Crippen LogP contribution < -0.4 is 10.6 Å². The molecule has 1 rings (SSSR count). The Morgan fingerprint density at radius 2 is 2.17 bits per heavy atom. The van der Waals surface area contributed by atoms with E-state index in [2.05, 4.69) is 20.6 Å². The lowest BCUT2D eigenvalue weighted by Crippen LogP contribution is -2.37. The van der Waals surface area contributed by atoms with Crippen molar-refractivity contribution in [3.8, 4) is 0 Å². The Morgan fingerprint density at radius 3 is 2.67 bits per heavy atom. The number of anilines is 1. The highest BCUT2D eigenvalue weighted by Crippen LogP contribution is 2.01. The first-order valence-electron chi connectivity index (χ1n) is 6.06. The van der Waals surface area contributed by atoms with Crippen LogP contribution in [0.25, 0.3) is 0 Å². The second-order valence-electron chi connectivity index (χ2n) is 3.85. The topological polar surface area (TPSA) is 76.1 Å². The van der Waals surface area contributed by atoms with E-state index < -0.39 is 0 Å². The van der Waals surface area contributed by atoms with Crippen LogP contribution in [0.2, 0.25) is 0 Å². The van der Waals surface area contributed by atoms with Gasteiger partial charge in [0.25, 0.3) is 5.91 Å². The average molecular weight is 252 g/mol. The van der Waals surface area contributed by atoms with E-state index in [-0.39, 0.29) is 11.9 Å². The molecule has 6 heteroatoms. The molecule has 18 heavy (non-hydrogen) atoms. The Balaban J connectivity index is 2.60. The zero-order valence-electron chi connectivity index (χ0n) is 11.1. The Hall–Kier alpha value is -1.69. The van der Waals surface area contributed by atoms with E-state index in [1.165, 1.54) is 6.20 Å². The molecule has 1 heterocycles. The van der Waals surface area contributed by atoms with Crippen LogP contribution in [0.1, 0.15) is 30.8 Å². The number of carbonyl (C=O) groups is 1. The van der Waals surface area contributed by atoms with Crippen LogP contribution in [-0.2, 0) is 4.74 Å². The summed E-state index contributed by atoms with van der Waals surface area (Å²) in [6.45, 7) is 5.22. The molecule has 2 N–H and O–H groups in total. The second-order valence-corrected chi connectivity index (χ2v) is 3.85. The SMILES string of the molecule is CCNc1cnc(C(=O)NC(CC)COC)cn1. The lowest BCUT2D eigenvalue weighted by molar-refractivity contribution is 0.0889. The van der Waals surface area contributed by atoms with Gasteiger partial charge in [0.15, 0.2) is 0 Å². The van der Waals surface area contributed by atoms with Crippen molar-refractivity contribution in [2.45, 2.75) is 26.3 Å². The maximum absolute atomic E-state index is 11.9. The first-order chi connectivity index (χ1) is 8.71. The van der Waals surface area contributed by atoms with E-state index in [9.17, 15) is 4.79 Å². The van der Waals surface area contributed by atoms with Crippen molar-refractivity contribution >= 4 is 11.7 Å². The first kappa shape index (κ1) is 14.4. The molecule has 0 saturated carbocycles. The number of hydrogen-bond donors (Lipinski definition) is 2. The van der Waals surface area contributed by atoms with E-state index in [1.807, 2.05) is 13.8 Å². The monoisotopic (exact) mass is 252 g/mol. The van der Waals surface area contributed by atoms with Gasteiger partial charge in [0.1, 0.15) is 11.5 Å². The summed E-state index contributed by atoms with van der Waals surface area (Å²) < 4.78 is 5.02. The highest BCUT2D eigenvalue weighted by molar-refractivity contribution is 5.92. The smallest absolute Gasteiger partial charge is 0.271 e. The summed E-state index contributed by atoms with van der Waals surface area (Å²) in [5.41, 5.74) is 0.311. The lowest BCUT2D eigenvalue weighted by atomic mass is 10.2. The number of ether oxygens (including phenoxy) is 1. The second kappa shape index (κ2) is 7.60. The molecule has 0 bridgehead atoms. The fourth-order valence-corrected chi connectivity index (χ4v) is 1.44. The molecule has 0 spiro atoms. The highest BCUT2D eigenvalue weighted by Gasteiger charge is 2.13. The number of amides is 1. The van der Waals surface area contributed by atoms with Gasteiger partial charge in [-0.3, -0.25) is 4.79 Å². The van der Waals surface area contributed by atoms with Crippen LogP contribution in [0.5, 0.6) is 0 Å². The summed E-state index contributed by atoms with van der Waals surface area (Å²) in [4.78, 5) is 20.0. The summed E-state index contributed by atoms with van der Waals surface area (Å²) in [6.07, 6.45) is 3.82. The largest absolute Gasteiger partial charge is 0.383 e. The van der Waals surface area contributed by atoms with Crippen molar-refractivity contribution in [2.75, 3.05) is 25.6 Å². The molecular weight excluding hydrogens is 232 g/mol. The van der Waals surface area contributed by atoms with Gasteiger partial charge < -0.3 is 15.4 Å². The molecule has 1 aromatic heterocycles. The fraction of sp³-hybridized carbons (Fsp3) is 0.583. The molecule has 0 saturated heterocycles. The molecule has 1 unspecified atom stereocenters. The number of carbonyl (C=O) groups excluding carboxylic acids is 1. The number of rotatable bonds is 7. The van der Waals surface area contributed by atoms with Crippen molar-refractivity contribution in [3.05, 3.63) is 18.1 Å². The molecule has 100 valence electrons. The van der Waals surface area contributed by atoms with Gasteiger partial charge in [0, 0.05) is 13.7 Å². The van der Waals surface area contributed by atoms with Crippen LogP contribution in [0, 0.1) is 0 Å². The molecule has 1 atom stereocenters. The van der Waals surface area contributed by atoms with E-state index >= 15 is 0 Å². The van der Waals surface area contributed by atoms with Gasteiger partial charge in [-0.1, -0.05) is 6.92 Å². The summed E-state index contributed by atoms with van der Waals surface area (Å²) in [6, 6.07) is -0.00209. The minimum atomic E-state index is -0.227. The third kappa shape index (κ3) is 4.29. The predicted molar refractivity (Wildman–Crippen MR) is 69.6 cm³/mol. The Kier molecular flexibility index (Phi) is 6.07. The Labute approximate surface area is 107 Å². The van der Waals surface area contributed by atoms with Crippen LogP contribution in [0.4, 0.5) is 5.82 Å². The van der Waals surface area contributed by atoms with E-state index in [4.69, 9.17) is 4.74 Å². The zero-order chi connectivity index (χ0) is 13.4. The number of nitrogens with one attached hydrogen (secondary N) is 2. The quantitative estimate of drug-likeness (QED) is 0.759. The minimum Gasteiger partial charge on any atom is -0.383 e. The number of nitrogens with zero attached hydrogens (tertiary/aromatic N) is 2. The highest BCUT2D eigenvalue weighted by atomic mass is 16.5. The van der Waals surface area contributed by atoms with Crippen LogP contribution >= 0.6 is 0 Å². The van der Waals surface area contributed by atoms with E-state index in [0.29, 0.717) is 18.1 Å². The zero-order valence-corrected chi connectivity index (χ0v) is 11.1. The molecule has 0 aliphatic rings. The van der Waals surface area contributed by atoms with Crippen molar-refractivity contribution in [3.63, 3.8) is 0 Å². The summed E-state index contributed by atoms with van der Waals surface area (Å²) in [7, 11) is 1.61. The van der Waals surface area contributed by atoms with Gasteiger partial charge in [-0.2, -0.15) is 0 Å². The Bertz CT molecular complexity index is 367. The van der Waals surface area contributed by atoms with Gasteiger partial charge in [-0.15, -0.1) is 0 Å². The fourth-order valence-electron chi connectivity index (χ4n) is 1.44. The van der Waals surface area contributed by atoms with Crippen LogP contribution in [0.15, 0.2) is 12.4 Å². The Morgan fingerprint density at radius 1 is 1.39 bits per heavy atom. The maximum Gasteiger partial charge on any atom is 0.271 e. The van der Waals surface area contributed by atoms with Crippen molar-refractivity contribution in [2.24, 2.45) is 0 Å². The normalized spacial score (nSPS) is 11.9. The number of hydrogen-bond acceptors (Lipinski definition) is 5. The van der Waals surface area contributed by atoms with Crippen molar-refractivity contribution in [1.82, 2.24) is 15.3 Å². The molecule has 0 fully saturated rings. The molecule has 0 aromatic carbocycles. The third-order valence-electron chi connectivity index (χ3n) is 2.44. The molecule has 0 radical (unpaired) electrons. The predicted octanol–water partition coefficient (Wildman–Crippen LogP) is 1.06. The van der Waals surface area contributed by atoms with Crippen LogP contribution in [0.3, 0.4) is 0 Å². The molecule has 0 aliphatic carbocycles. The van der Waals surface area contributed by atoms with Crippen LogP contribution in [-0.4, -0.2) is 42.2 Å². The summed E-state index contributed by atoms with van der Waals surface area (Å²) in [5.74, 6) is 0.437. The van der Waals surface area contributed by atoms with Gasteiger partial charge >= 0.3 is 0 Å². The maximum atomic E-state index is 11.9. The van der Waals surface area contributed by atoms with E-state index in [0.717, 1.165) is 13.0 Å². The summed E-state index contributed by atoms with van der Waals surface area (Å²) in [5, 5.41) is 5.87.